The van der Waals surface area contributed by atoms with E-state index in [4.69, 9.17) is 9.84 Å². The van der Waals surface area contributed by atoms with E-state index >= 15 is 0 Å². The Morgan fingerprint density at radius 3 is 2.23 bits per heavy atom. The van der Waals surface area contributed by atoms with Crippen LogP contribution in [0, 0.1) is 5.92 Å². The zero-order valence-corrected chi connectivity index (χ0v) is 19.6. The molecule has 0 saturated heterocycles. The minimum Gasteiger partial charge on any atom is -0.478 e. The Bertz CT molecular complexity index is 1120. The van der Waals surface area contributed by atoms with Crippen molar-refractivity contribution in [1.82, 2.24) is 10.2 Å². The predicted octanol–water partition coefficient (Wildman–Crippen LogP) is 4.33. The van der Waals surface area contributed by atoms with E-state index in [1.54, 1.807) is 11.0 Å². The molecule has 5 rings (SSSR count). The molecule has 2 aromatic carbocycles. The fourth-order valence-corrected chi connectivity index (χ4v) is 5.38. The van der Waals surface area contributed by atoms with E-state index < -0.39 is 12.1 Å². The molecule has 7 heteroatoms. The summed E-state index contributed by atoms with van der Waals surface area (Å²) in [6.45, 7) is 0.919. The first kappa shape index (κ1) is 23.1. The molecule has 0 aromatic heterocycles. The van der Waals surface area contributed by atoms with E-state index in [-0.39, 0.29) is 36.8 Å². The van der Waals surface area contributed by atoms with Gasteiger partial charge in [0.15, 0.2) is 0 Å². The van der Waals surface area contributed by atoms with Gasteiger partial charge in [0.25, 0.3) is 0 Å². The van der Waals surface area contributed by atoms with E-state index in [9.17, 15) is 14.4 Å². The van der Waals surface area contributed by atoms with Crippen LogP contribution >= 0.6 is 0 Å². The van der Waals surface area contributed by atoms with Gasteiger partial charge in [-0.05, 0) is 47.4 Å². The molecule has 2 amide bonds. The van der Waals surface area contributed by atoms with Crippen LogP contribution in [0.3, 0.4) is 0 Å². The van der Waals surface area contributed by atoms with Crippen LogP contribution in [-0.2, 0) is 14.3 Å². The molecule has 0 radical (unpaired) electrons. The van der Waals surface area contributed by atoms with Crippen LogP contribution in [0.5, 0.6) is 0 Å². The number of alkyl carbamates (subject to hydrolysis) is 1. The Labute approximate surface area is 204 Å². The Kier molecular flexibility index (Phi) is 6.57. The summed E-state index contributed by atoms with van der Waals surface area (Å²) in [7, 11) is 0. The zero-order valence-electron chi connectivity index (χ0n) is 19.6. The topological polar surface area (TPSA) is 95.9 Å². The molecule has 1 atom stereocenters. The van der Waals surface area contributed by atoms with E-state index in [1.807, 2.05) is 24.3 Å². The van der Waals surface area contributed by atoms with Gasteiger partial charge in [0, 0.05) is 37.0 Å². The molecule has 2 aliphatic carbocycles. The smallest absolute Gasteiger partial charge is 0.407 e. The first-order valence-corrected chi connectivity index (χ1v) is 12.3. The van der Waals surface area contributed by atoms with E-state index in [0.29, 0.717) is 25.1 Å². The van der Waals surface area contributed by atoms with Crippen LogP contribution in [-0.4, -0.2) is 53.7 Å². The van der Waals surface area contributed by atoms with Crippen molar-refractivity contribution in [2.45, 2.75) is 44.1 Å². The van der Waals surface area contributed by atoms with Gasteiger partial charge in [0.05, 0.1) is 0 Å². The number of fused-ring (bicyclic) bond motifs is 3. The molecule has 2 aromatic rings. The minimum absolute atomic E-state index is 0.0134. The molecule has 1 heterocycles. The van der Waals surface area contributed by atoms with Crippen molar-refractivity contribution < 1.29 is 24.2 Å². The molecular weight excluding hydrogens is 444 g/mol. The maximum atomic E-state index is 12.9. The number of carboxylic acid groups (broad SMARTS) is 1. The third kappa shape index (κ3) is 4.81. The van der Waals surface area contributed by atoms with Crippen molar-refractivity contribution in [3.63, 3.8) is 0 Å². The summed E-state index contributed by atoms with van der Waals surface area (Å²) in [4.78, 5) is 38.5. The molecule has 7 nitrogen and oxygen atoms in total. The van der Waals surface area contributed by atoms with Crippen molar-refractivity contribution in [3.05, 3.63) is 71.3 Å². The molecule has 0 bridgehead atoms. The monoisotopic (exact) mass is 474 g/mol. The number of carbonyl (C=O) groups excluding carboxylic acids is 2. The second-order valence-corrected chi connectivity index (χ2v) is 9.60. The summed E-state index contributed by atoms with van der Waals surface area (Å²) in [5, 5.41) is 12.1. The van der Waals surface area contributed by atoms with Crippen molar-refractivity contribution >= 4 is 18.0 Å². The quantitative estimate of drug-likeness (QED) is 0.623. The fraction of sp³-hybridized carbons (Fsp3) is 0.393. The van der Waals surface area contributed by atoms with Crippen molar-refractivity contribution in [3.8, 4) is 11.1 Å². The number of benzene rings is 2. The van der Waals surface area contributed by atoms with Gasteiger partial charge in [-0.2, -0.15) is 0 Å². The number of amides is 2. The highest BCUT2D eigenvalue weighted by molar-refractivity contribution is 5.87. The summed E-state index contributed by atoms with van der Waals surface area (Å²) in [5.41, 5.74) is 5.02. The number of carboxylic acids is 1. The largest absolute Gasteiger partial charge is 0.478 e. The number of aliphatic carboxylic acids is 1. The molecule has 0 spiro atoms. The number of hydrogen-bond donors (Lipinski definition) is 2. The Hall–Kier alpha value is -3.61. The lowest BCUT2D eigenvalue weighted by atomic mass is 9.78. The number of nitrogens with zero attached hydrogens (tertiary/aromatic N) is 1. The average molecular weight is 475 g/mol. The number of nitrogens with one attached hydrogen (secondary N) is 1. The predicted molar refractivity (Wildman–Crippen MR) is 131 cm³/mol. The zero-order chi connectivity index (χ0) is 24.4. The Morgan fingerprint density at radius 2 is 1.69 bits per heavy atom. The lowest BCUT2D eigenvalue weighted by Gasteiger charge is -2.35. The third-order valence-electron chi connectivity index (χ3n) is 7.60. The van der Waals surface area contributed by atoms with Gasteiger partial charge >= 0.3 is 12.1 Å². The molecule has 2 N–H and O–H groups in total. The molecule has 3 aliphatic rings. The molecule has 182 valence electrons. The highest BCUT2D eigenvalue weighted by atomic mass is 16.5. The first-order chi connectivity index (χ1) is 17.0. The molecule has 1 fully saturated rings. The first-order valence-electron chi connectivity index (χ1n) is 12.3. The number of carbonyl (C=O) groups is 3. The SMILES string of the molecule is O=C(NC(CC(=O)N1CC=C(C(=O)O)CC1)C1CCC1)OCC1c2ccccc2-c2ccccc21. The lowest BCUT2D eigenvalue weighted by molar-refractivity contribution is -0.135. The molecule has 1 unspecified atom stereocenters. The maximum absolute atomic E-state index is 12.9. The lowest BCUT2D eigenvalue weighted by Crippen LogP contribution is -2.47. The standard InChI is InChI=1S/C28H30N2O5/c31-26(30-14-12-19(13-15-30)27(32)33)16-25(18-6-5-7-18)29-28(34)35-17-24-22-10-3-1-8-20(22)21-9-2-4-11-23(21)24/h1-4,8-12,18,24-25H,5-7,13-17H2,(H,29,34)(H,32,33). The van der Waals surface area contributed by atoms with E-state index in [1.165, 1.54) is 11.1 Å². The minimum atomic E-state index is -0.929. The van der Waals surface area contributed by atoms with Gasteiger partial charge in [0.1, 0.15) is 6.61 Å². The van der Waals surface area contributed by atoms with Crippen LogP contribution in [0.1, 0.15) is 49.1 Å². The second-order valence-electron chi connectivity index (χ2n) is 9.60. The Morgan fingerprint density at radius 1 is 1.03 bits per heavy atom. The summed E-state index contributed by atoms with van der Waals surface area (Å²) >= 11 is 0. The van der Waals surface area contributed by atoms with Crippen LogP contribution < -0.4 is 5.32 Å². The third-order valence-corrected chi connectivity index (χ3v) is 7.60. The van der Waals surface area contributed by atoms with Crippen molar-refractivity contribution in [2.75, 3.05) is 19.7 Å². The Balaban J connectivity index is 1.20. The summed E-state index contributed by atoms with van der Waals surface area (Å²) in [6, 6.07) is 16.1. The van der Waals surface area contributed by atoms with E-state index in [0.717, 1.165) is 30.4 Å². The summed E-state index contributed by atoms with van der Waals surface area (Å²) in [6.07, 6.45) is 4.69. The van der Waals surface area contributed by atoms with Crippen molar-refractivity contribution in [1.29, 1.82) is 0 Å². The summed E-state index contributed by atoms with van der Waals surface area (Å²) < 4.78 is 5.71. The maximum Gasteiger partial charge on any atom is 0.407 e. The van der Waals surface area contributed by atoms with Gasteiger partial charge in [-0.1, -0.05) is 61.0 Å². The molecule has 35 heavy (non-hydrogen) atoms. The van der Waals surface area contributed by atoms with Gasteiger partial charge < -0.3 is 20.1 Å². The number of rotatable bonds is 7. The van der Waals surface area contributed by atoms with Gasteiger partial charge in [-0.15, -0.1) is 0 Å². The van der Waals surface area contributed by atoms with E-state index in [2.05, 4.69) is 29.6 Å². The van der Waals surface area contributed by atoms with Gasteiger partial charge in [-0.3, -0.25) is 4.79 Å². The normalized spacial score (nSPS) is 18.1. The fourth-order valence-electron chi connectivity index (χ4n) is 5.38. The van der Waals surface area contributed by atoms with Crippen molar-refractivity contribution in [2.24, 2.45) is 5.92 Å². The molecular formula is C28H30N2O5. The number of ether oxygens (including phenoxy) is 1. The summed E-state index contributed by atoms with van der Waals surface area (Å²) in [5.74, 6) is -0.752. The van der Waals surface area contributed by atoms with Gasteiger partial charge in [-0.25, -0.2) is 9.59 Å². The average Bonchev–Trinajstić information content (AvgIpc) is 3.15. The number of hydrogen-bond acceptors (Lipinski definition) is 4. The molecule has 1 saturated carbocycles. The highest BCUT2D eigenvalue weighted by Crippen LogP contribution is 2.44. The van der Waals surface area contributed by atoms with Crippen LogP contribution in [0.25, 0.3) is 11.1 Å². The highest BCUT2D eigenvalue weighted by Gasteiger charge is 2.33. The van der Waals surface area contributed by atoms with Crippen LogP contribution in [0.4, 0.5) is 4.79 Å². The van der Waals surface area contributed by atoms with Crippen LogP contribution in [0.15, 0.2) is 60.2 Å². The second kappa shape index (κ2) is 9.94. The van der Waals surface area contributed by atoms with Crippen LogP contribution in [0.2, 0.25) is 0 Å². The van der Waals surface area contributed by atoms with Gasteiger partial charge in [0.2, 0.25) is 5.91 Å². The molecule has 1 aliphatic heterocycles.